The van der Waals surface area contributed by atoms with Crippen molar-refractivity contribution < 1.29 is 42.3 Å². The average Bonchev–Trinajstić information content (AvgIpc) is 3.91. The van der Waals surface area contributed by atoms with Crippen molar-refractivity contribution in [2.75, 3.05) is 26.4 Å². The number of esters is 2. The van der Waals surface area contributed by atoms with Crippen molar-refractivity contribution in [2.24, 2.45) is 5.73 Å². The minimum Gasteiger partial charge on any atom is -0.462 e. The Labute approximate surface area is 328 Å². The number of unbranched alkanes of at least 4 members (excludes halogenated alkanes) is 14. The van der Waals surface area contributed by atoms with Gasteiger partial charge in [0.15, 0.2) is 6.10 Å². The lowest BCUT2D eigenvalue weighted by Crippen LogP contribution is -2.29. The standard InChI is InChI=1S/C43H76NO9P/c1-3-5-7-9-11-12-13-14-15-16-17-18-19-20-21-25-30-34-43(46)52-39(38-51-54(47,48)50-36-35-44)37-49-42(45)33-29-26-22-24-28-32-41-40(53-41)31-27-23-10-8-6-4-2/h14-15,17-18,20-21,23,27,39-41H,3-13,16,19,22,24-26,28-38,44H2,1-2H3,(H,47,48)/b15-14-,18-17-,21-20-,27-23-/t39-,40?,41?/m1/s1. The number of hydrogen-bond donors (Lipinski definition) is 2. The molecular weight excluding hydrogens is 705 g/mol. The third-order valence-electron chi connectivity index (χ3n) is 9.11. The molecule has 1 rings (SSSR count). The molecule has 0 spiro atoms. The highest BCUT2D eigenvalue weighted by molar-refractivity contribution is 7.47. The molecule has 0 aromatic carbocycles. The molecule has 3 unspecified atom stereocenters. The van der Waals surface area contributed by atoms with E-state index in [1.165, 1.54) is 57.8 Å². The molecular formula is C43H76NO9P. The SMILES string of the molecule is CCCCC/C=C\CC1OC1CCCCCCCC(=O)OC[C@H](COP(=O)(O)OCCN)OC(=O)CCC/C=C\C/C=C\C/C=C\CCCCCCCC. The van der Waals surface area contributed by atoms with Crippen molar-refractivity contribution in [1.29, 1.82) is 0 Å². The van der Waals surface area contributed by atoms with Crippen molar-refractivity contribution in [1.82, 2.24) is 0 Å². The van der Waals surface area contributed by atoms with Crippen molar-refractivity contribution in [3.63, 3.8) is 0 Å². The zero-order valence-corrected chi connectivity index (χ0v) is 34.8. The second-order valence-electron chi connectivity index (χ2n) is 14.2. The molecule has 54 heavy (non-hydrogen) atoms. The molecule has 1 aliphatic heterocycles. The molecule has 0 bridgehead atoms. The van der Waals surface area contributed by atoms with Gasteiger partial charge in [-0.1, -0.05) is 133 Å². The Balaban J connectivity index is 2.24. The van der Waals surface area contributed by atoms with Crippen LogP contribution in [-0.4, -0.2) is 61.5 Å². The van der Waals surface area contributed by atoms with E-state index in [1.54, 1.807) is 0 Å². The number of epoxide rings is 1. The van der Waals surface area contributed by atoms with Gasteiger partial charge in [-0.3, -0.25) is 18.6 Å². The monoisotopic (exact) mass is 782 g/mol. The van der Waals surface area contributed by atoms with Crippen LogP contribution in [0.5, 0.6) is 0 Å². The summed E-state index contributed by atoms with van der Waals surface area (Å²) in [7, 11) is -4.40. The van der Waals surface area contributed by atoms with Crippen LogP contribution in [0.15, 0.2) is 48.6 Å². The average molecular weight is 782 g/mol. The topological polar surface area (TPSA) is 147 Å². The molecule has 0 aromatic rings. The molecule has 0 aromatic heterocycles. The fourth-order valence-electron chi connectivity index (χ4n) is 5.83. The maximum absolute atomic E-state index is 12.6. The molecule has 11 heteroatoms. The minimum absolute atomic E-state index is 0.0396. The Hall–Kier alpha value is -2.07. The molecule has 0 amide bonds. The molecule has 1 saturated heterocycles. The molecule has 0 radical (unpaired) electrons. The second kappa shape index (κ2) is 35.4. The van der Waals surface area contributed by atoms with Crippen LogP contribution >= 0.6 is 7.82 Å². The lowest BCUT2D eigenvalue weighted by atomic mass is 10.1. The first-order valence-corrected chi connectivity index (χ1v) is 22.7. The van der Waals surface area contributed by atoms with E-state index in [0.717, 1.165) is 64.2 Å². The summed E-state index contributed by atoms with van der Waals surface area (Å²) in [5, 5.41) is 0. The number of allylic oxidation sites excluding steroid dienone is 7. The van der Waals surface area contributed by atoms with Crippen LogP contribution in [-0.2, 0) is 37.4 Å². The summed E-state index contributed by atoms with van der Waals surface area (Å²) in [6.07, 6.45) is 41.7. The fraction of sp³-hybridized carbons (Fsp3) is 0.767. The Morgan fingerprint density at radius 2 is 1.22 bits per heavy atom. The highest BCUT2D eigenvalue weighted by Gasteiger charge is 2.36. The quantitative estimate of drug-likeness (QED) is 0.0204. The van der Waals surface area contributed by atoms with Gasteiger partial charge in [-0.15, -0.1) is 0 Å². The van der Waals surface area contributed by atoms with E-state index in [9.17, 15) is 19.0 Å². The van der Waals surface area contributed by atoms with Gasteiger partial charge in [0.1, 0.15) is 6.61 Å². The van der Waals surface area contributed by atoms with Crippen LogP contribution in [0.3, 0.4) is 0 Å². The predicted octanol–water partition coefficient (Wildman–Crippen LogP) is 10.9. The van der Waals surface area contributed by atoms with Gasteiger partial charge in [0.05, 0.1) is 25.4 Å². The number of rotatable bonds is 38. The summed E-state index contributed by atoms with van der Waals surface area (Å²) < 4.78 is 38.5. The van der Waals surface area contributed by atoms with Gasteiger partial charge in [0.2, 0.25) is 0 Å². The zero-order chi connectivity index (χ0) is 39.4. The van der Waals surface area contributed by atoms with Gasteiger partial charge in [-0.05, 0) is 70.6 Å². The first kappa shape index (κ1) is 49.9. The van der Waals surface area contributed by atoms with Crippen LogP contribution in [0.4, 0.5) is 0 Å². The molecule has 1 aliphatic rings. The number of phosphoric acid groups is 1. The minimum atomic E-state index is -4.40. The molecule has 312 valence electrons. The zero-order valence-electron chi connectivity index (χ0n) is 33.9. The van der Waals surface area contributed by atoms with Crippen LogP contribution in [0.2, 0.25) is 0 Å². The van der Waals surface area contributed by atoms with Crippen molar-refractivity contribution in [3.05, 3.63) is 48.6 Å². The summed E-state index contributed by atoms with van der Waals surface area (Å²) >= 11 is 0. The van der Waals surface area contributed by atoms with Crippen LogP contribution in [0, 0.1) is 0 Å². The Morgan fingerprint density at radius 1 is 0.667 bits per heavy atom. The first-order valence-electron chi connectivity index (χ1n) is 21.2. The van der Waals surface area contributed by atoms with E-state index in [4.69, 9.17) is 29.0 Å². The Kier molecular flexibility index (Phi) is 32.7. The van der Waals surface area contributed by atoms with E-state index >= 15 is 0 Å². The van der Waals surface area contributed by atoms with Gasteiger partial charge in [-0.25, -0.2) is 4.57 Å². The summed E-state index contributed by atoms with van der Waals surface area (Å²) in [5.41, 5.74) is 5.34. The number of carbonyl (C=O) groups excluding carboxylic acids is 2. The van der Waals surface area contributed by atoms with Crippen molar-refractivity contribution in [2.45, 2.75) is 186 Å². The molecule has 4 atom stereocenters. The van der Waals surface area contributed by atoms with Gasteiger partial charge in [0.25, 0.3) is 0 Å². The largest absolute Gasteiger partial charge is 0.472 e. The Morgan fingerprint density at radius 3 is 1.93 bits per heavy atom. The molecule has 10 nitrogen and oxygen atoms in total. The van der Waals surface area contributed by atoms with Gasteiger partial charge >= 0.3 is 19.8 Å². The number of nitrogens with two attached hydrogens (primary N) is 1. The van der Waals surface area contributed by atoms with E-state index in [2.05, 4.69) is 56.4 Å². The van der Waals surface area contributed by atoms with Crippen molar-refractivity contribution >= 4 is 19.8 Å². The summed E-state index contributed by atoms with van der Waals surface area (Å²) in [4.78, 5) is 34.8. The molecule has 0 saturated carbocycles. The summed E-state index contributed by atoms with van der Waals surface area (Å²) in [5.74, 6) is -0.916. The fourth-order valence-corrected chi connectivity index (χ4v) is 6.60. The maximum Gasteiger partial charge on any atom is 0.472 e. The molecule has 0 aliphatic carbocycles. The molecule has 1 heterocycles. The number of phosphoric ester groups is 1. The van der Waals surface area contributed by atoms with Crippen LogP contribution in [0.25, 0.3) is 0 Å². The second-order valence-corrected chi connectivity index (χ2v) is 15.7. The number of ether oxygens (including phenoxy) is 3. The van der Waals surface area contributed by atoms with E-state index in [-0.39, 0.29) is 32.6 Å². The van der Waals surface area contributed by atoms with Gasteiger partial charge in [-0.2, -0.15) is 0 Å². The summed E-state index contributed by atoms with van der Waals surface area (Å²) in [6.45, 7) is 3.60. The van der Waals surface area contributed by atoms with E-state index in [1.807, 2.05) is 6.08 Å². The molecule has 1 fully saturated rings. The maximum atomic E-state index is 12.6. The smallest absolute Gasteiger partial charge is 0.462 e. The lowest BCUT2D eigenvalue weighted by molar-refractivity contribution is -0.161. The highest BCUT2D eigenvalue weighted by Crippen LogP contribution is 2.43. The highest BCUT2D eigenvalue weighted by atomic mass is 31.2. The van der Waals surface area contributed by atoms with Crippen molar-refractivity contribution in [3.8, 4) is 0 Å². The first-order chi connectivity index (χ1) is 26.3. The van der Waals surface area contributed by atoms with Gasteiger partial charge in [0, 0.05) is 19.4 Å². The predicted molar refractivity (Wildman–Crippen MR) is 219 cm³/mol. The van der Waals surface area contributed by atoms with Gasteiger partial charge < -0.3 is 24.8 Å². The normalized spacial score (nSPS) is 17.6. The summed E-state index contributed by atoms with van der Waals surface area (Å²) in [6, 6.07) is 0. The van der Waals surface area contributed by atoms with E-state index in [0.29, 0.717) is 31.5 Å². The molecule has 3 N–H and O–H groups in total. The third kappa shape index (κ3) is 32.2. The third-order valence-corrected chi connectivity index (χ3v) is 10.1. The lowest BCUT2D eigenvalue weighted by Gasteiger charge is -2.19. The van der Waals surface area contributed by atoms with E-state index < -0.39 is 32.5 Å². The van der Waals surface area contributed by atoms with Crippen LogP contribution in [0.1, 0.15) is 168 Å². The van der Waals surface area contributed by atoms with Crippen LogP contribution < -0.4 is 5.73 Å². The number of carbonyl (C=O) groups is 2. The Bertz CT molecular complexity index is 1090. The number of hydrogen-bond acceptors (Lipinski definition) is 9.